The van der Waals surface area contributed by atoms with E-state index in [0.717, 1.165) is 0 Å². The average Bonchev–Trinajstić information content (AvgIpc) is 2.41. The van der Waals surface area contributed by atoms with Gasteiger partial charge in [-0.15, -0.1) is 0 Å². The van der Waals surface area contributed by atoms with Crippen molar-refractivity contribution < 1.29 is 37.7 Å². The third-order valence-corrected chi connectivity index (χ3v) is 2.40. The lowest BCUT2D eigenvalue weighted by Crippen LogP contribution is -2.54. The molecule has 0 aliphatic carbocycles. The summed E-state index contributed by atoms with van der Waals surface area (Å²) in [4.78, 5) is 22.0. The van der Waals surface area contributed by atoms with Crippen LogP contribution in [0.1, 0.15) is 5.56 Å². The van der Waals surface area contributed by atoms with E-state index in [9.17, 15) is 22.8 Å². The molecule has 6 nitrogen and oxygen atoms in total. The second kappa shape index (κ2) is 6.93. The Kier molecular flexibility index (Phi) is 5.53. The molecule has 2 atom stereocenters. The molecular weight excluding hydrogens is 295 g/mol. The number of ether oxygens (including phenoxy) is 1. The van der Waals surface area contributed by atoms with Crippen LogP contribution in [0.3, 0.4) is 0 Å². The Bertz CT molecular complexity index is 491. The lowest BCUT2D eigenvalue weighted by atomic mass is 10.1. The van der Waals surface area contributed by atoms with Gasteiger partial charge in [0.2, 0.25) is 0 Å². The number of carbonyl (C=O) groups excluding carboxylic acids is 1. The monoisotopic (exact) mass is 307 g/mol. The molecule has 1 aromatic carbocycles. The number of alkyl halides is 3. The average molecular weight is 307 g/mol. The second-order valence-electron chi connectivity index (χ2n) is 4.01. The number of carboxylic acid groups (broad SMARTS) is 1. The van der Waals surface area contributed by atoms with Crippen LogP contribution in [-0.2, 0) is 16.1 Å². The molecule has 2 unspecified atom stereocenters. The molecule has 0 heterocycles. The molecule has 0 bridgehead atoms. The van der Waals surface area contributed by atoms with Crippen molar-refractivity contribution in [3.8, 4) is 0 Å². The summed E-state index contributed by atoms with van der Waals surface area (Å²) in [5.41, 5.74) is 0.566. The summed E-state index contributed by atoms with van der Waals surface area (Å²) >= 11 is 0. The Morgan fingerprint density at radius 2 is 1.81 bits per heavy atom. The molecule has 116 valence electrons. The minimum Gasteiger partial charge on any atom is -0.480 e. The van der Waals surface area contributed by atoms with Crippen LogP contribution in [0.2, 0.25) is 0 Å². The van der Waals surface area contributed by atoms with E-state index >= 15 is 0 Å². The highest BCUT2D eigenvalue weighted by atomic mass is 19.4. The van der Waals surface area contributed by atoms with Gasteiger partial charge < -0.3 is 20.3 Å². The molecule has 3 N–H and O–H groups in total. The van der Waals surface area contributed by atoms with Crippen LogP contribution in [0.4, 0.5) is 18.0 Å². The molecule has 1 rings (SSSR count). The molecule has 0 aromatic heterocycles. The summed E-state index contributed by atoms with van der Waals surface area (Å²) in [6.45, 7) is -0.249. The van der Waals surface area contributed by atoms with Crippen LogP contribution >= 0.6 is 0 Å². The highest BCUT2D eigenvalue weighted by Crippen LogP contribution is 2.22. The Morgan fingerprint density at radius 1 is 1.24 bits per heavy atom. The van der Waals surface area contributed by atoms with E-state index in [1.54, 1.807) is 30.3 Å². The summed E-state index contributed by atoms with van der Waals surface area (Å²) < 4.78 is 41.3. The van der Waals surface area contributed by atoms with E-state index in [-0.39, 0.29) is 6.61 Å². The van der Waals surface area contributed by atoms with Gasteiger partial charge >= 0.3 is 18.2 Å². The lowest BCUT2D eigenvalue weighted by molar-refractivity contribution is -0.214. The number of hydrogen-bond donors (Lipinski definition) is 3. The number of aliphatic carboxylic acids is 1. The Labute approximate surface area is 117 Å². The van der Waals surface area contributed by atoms with E-state index in [1.807, 2.05) is 0 Å². The number of benzene rings is 1. The number of hydrogen-bond acceptors (Lipinski definition) is 4. The highest BCUT2D eigenvalue weighted by molar-refractivity contribution is 5.80. The topological polar surface area (TPSA) is 95.9 Å². The van der Waals surface area contributed by atoms with Gasteiger partial charge in [0.05, 0.1) is 0 Å². The van der Waals surface area contributed by atoms with Gasteiger partial charge in [-0.05, 0) is 5.56 Å². The number of aliphatic hydroxyl groups is 1. The first-order valence-corrected chi connectivity index (χ1v) is 5.66. The maximum atomic E-state index is 12.3. The molecule has 21 heavy (non-hydrogen) atoms. The van der Waals surface area contributed by atoms with Crippen LogP contribution in [0.15, 0.2) is 30.3 Å². The van der Waals surface area contributed by atoms with E-state index in [0.29, 0.717) is 5.56 Å². The Morgan fingerprint density at radius 3 is 2.29 bits per heavy atom. The predicted octanol–water partition coefficient (Wildman–Crippen LogP) is 1.29. The van der Waals surface area contributed by atoms with Crippen molar-refractivity contribution in [3.05, 3.63) is 35.9 Å². The van der Waals surface area contributed by atoms with Crippen molar-refractivity contribution in [2.24, 2.45) is 0 Å². The van der Waals surface area contributed by atoms with Crippen molar-refractivity contribution in [2.45, 2.75) is 24.9 Å². The zero-order valence-corrected chi connectivity index (χ0v) is 10.5. The SMILES string of the molecule is O=C(NC(C(=O)O)C(O)C(F)(F)F)OCc1ccccc1. The van der Waals surface area contributed by atoms with E-state index in [2.05, 4.69) is 4.74 Å². The van der Waals surface area contributed by atoms with Crippen LogP contribution < -0.4 is 5.32 Å². The van der Waals surface area contributed by atoms with Crippen molar-refractivity contribution >= 4 is 12.1 Å². The molecule has 1 amide bonds. The largest absolute Gasteiger partial charge is 0.480 e. The van der Waals surface area contributed by atoms with Crippen molar-refractivity contribution in [1.82, 2.24) is 5.32 Å². The molecule has 0 aliphatic rings. The molecule has 0 aliphatic heterocycles. The zero-order chi connectivity index (χ0) is 16.0. The van der Waals surface area contributed by atoms with Gasteiger partial charge in [0.25, 0.3) is 0 Å². The molecule has 0 saturated heterocycles. The fourth-order valence-corrected chi connectivity index (χ4v) is 1.36. The first kappa shape index (κ1) is 16.8. The fourth-order valence-electron chi connectivity index (χ4n) is 1.36. The van der Waals surface area contributed by atoms with Crippen molar-refractivity contribution in [3.63, 3.8) is 0 Å². The molecule has 1 aromatic rings. The van der Waals surface area contributed by atoms with Gasteiger partial charge in [-0.3, -0.25) is 0 Å². The first-order chi connectivity index (χ1) is 9.71. The predicted molar refractivity (Wildman–Crippen MR) is 63.2 cm³/mol. The summed E-state index contributed by atoms with van der Waals surface area (Å²) in [5, 5.41) is 18.9. The second-order valence-corrected chi connectivity index (χ2v) is 4.01. The molecule has 9 heteroatoms. The standard InChI is InChI=1S/C12H12F3NO5/c13-12(14,15)9(17)8(10(18)19)16-11(20)21-6-7-4-2-1-3-5-7/h1-5,8-9,17H,6H2,(H,16,20)(H,18,19). The number of carboxylic acids is 1. The van der Waals surface area contributed by atoms with Gasteiger partial charge in [0, 0.05) is 0 Å². The van der Waals surface area contributed by atoms with Crippen LogP contribution in [-0.4, -0.2) is 40.6 Å². The van der Waals surface area contributed by atoms with E-state index in [1.165, 1.54) is 5.32 Å². The minimum absolute atomic E-state index is 0.249. The third-order valence-electron chi connectivity index (χ3n) is 2.40. The van der Waals surface area contributed by atoms with Crippen molar-refractivity contribution in [2.75, 3.05) is 0 Å². The maximum Gasteiger partial charge on any atom is 0.416 e. The van der Waals surface area contributed by atoms with Gasteiger partial charge in [0.15, 0.2) is 12.1 Å². The fraction of sp³-hybridized carbons (Fsp3) is 0.333. The normalized spacial score (nSPS) is 14.1. The first-order valence-electron chi connectivity index (χ1n) is 5.66. The van der Waals surface area contributed by atoms with Crippen LogP contribution in [0.25, 0.3) is 0 Å². The van der Waals surface area contributed by atoms with Gasteiger partial charge in [-0.1, -0.05) is 30.3 Å². The quantitative estimate of drug-likeness (QED) is 0.762. The minimum atomic E-state index is -5.18. The molecule has 0 spiro atoms. The molecule has 0 radical (unpaired) electrons. The number of halogens is 3. The molecule has 0 saturated carbocycles. The molecular formula is C12H12F3NO5. The molecule has 0 fully saturated rings. The van der Waals surface area contributed by atoms with E-state index in [4.69, 9.17) is 10.2 Å². The van der Waals surface area contributed by atoms with Gasteiger partial charge in [-0.2, -0.15) is 13.2 Å². The summed E-state index contributed by atoms with van der Waals surface area (Å²) in [5.74, 6) is -2.03. The Balaban J connectivity index is 2.59. The number of alkyl carbamates (subject to hydrolysis) is 1. The summed E-state index contributed by atoms with van der Waals surface area (Å²) in [6, 6.07) is 5.69. The smallest absolute Gasteiger partial charge is 0.416 e. The number of carbonyl (C=O) groups is 2. The number of aliphatic hydroxyl groups excluding tert-OH is 1. The zero-order valence-electron chi connectivity index (χ0n) is 10.5. The van der Waals surface area contributed by atoms with Crippen molar-refractivity contribution in [1.29, 1.82) is 0 Å². The highest BCUT2D eigenvalue weighted by Gasteiger charge is 2.47. The summed E-state index contributed by atoms with van der Waals surface area (Å²) in [7, 11) is 0. The Hall–Kier alpha value is -2.29. The maximum absolute atomic E-state index is 12.3. The lowest BCUT2D eigenvalue weighted by Gasteiger charge is -2.22. The van der Waals surface area contributed by atoms with Gasteiger partial charge in [0.1, 0.15) is 6.61 Å². The number of rotatable bonds is 5. The van der Waals surface area contributed by atoms with Crippen LogP contribution in [0.5, 0.6) is 0 Å². The number of amides is 1. The number of nitrogens with one attached hydrogen (secondary N) is 1. The summed E-state index contributed by atoms with van der Waals surface area (Å²) in [6.07, 6.45) is -9.80. The third kappa shape index (κ3) is 5.30. The van der Waals surface area contributed by atoms with E-state index < -0.39 is 30.4 Å². The van der Waals surface area contributed by atoms with Gasteiger partial charge in [-0.25, -0.2) is 9.59 Å². The van der Waals surface area contributed by atoms with Crippen LogP contribution in [0, 0.1) is 0 Å².